The maximum absolute atomic E-state index is 11.9. The number of aromatic nitrogens is 3. The lowest BCUT2D eigenvalue weighted by Crippen LogP contribution is -2.29. The minimum absolute atomic E-state index is 0.144. The molecule has 1 unspecified atom stereocenters. The molecule has 1 aliphatic heterocycles. The molecule has 7 nitrogen and oxygen atoms in total. The molecule has 2 heterocycles. The second-order valence-electron chi connectivity index (χ2n) is 6.17. The molecule has 24 heavy (non-hydrogen) atoms. The average Bonchev–Trinajstić information content (AvgIpc) is 2.88. The van der Waals surface area contributed by atoms with Gasteiger partial charge in [-0.25, -0.2) is 4.68 Å². The molecule has 8 heteroatoms. The molecule has 0 spiro atoms. The first-order valence-corrected chi connectivity index (χ1v) is 8.12. The first-order valence-electron chi connectivity index (χ1n) is 7.74. The maximum atomic E-state index is 11.9. The van der Waals surface area contributed by atoms with Crippen molar-refractivity contribution in [2.24, 2.45) is 5.92 Å². The number of hydrogen-bond acceptors (Lipinski definition) is 4. The van der Waals surface area contributed by atoms with Crippen molar-refractivity contribution in [3.63, 3.8) is 0 Å². The van der Waals surface area contributed by atoms with Crippen LogP contribution in [0.2, 0.25) is 5.02 Å². The Morgan fingerprint density at radius 3 is 2.79 bits per heavy atom. The highest BCUT2D eigenvalue weighted by molar-refractivity contribution is 6.30. The molecule has 0 radical (unpaired) electrons. The van der Waals surface area contributed by atoms with Gasteiger partial charge in [-0.1, -0.05) is 37.6 Å². The summed E-state index contributed by atoms with van der Waals surface area (Å²) in [6.07, 6.45) is 0.633. The van der Waals surface area contributed by atoms with Crippen LogP contribution in [0.3, 0.4) is 0 Å². The number of carbonyl (C=O) groups excluding carboxylic acids is 2. The van der Waals surface area contributed by atoms with Crippen LogP contribution >= 0.6 is 11.6 Å². The smallest absolute Gasteiger partial charge is 0.250 e. The van der Waals surface area contributed by atoms with Crippen LogP contribution < -0.4 is 10.6 Å². The van der Waals surface area contributed by atoms with Crippen molar-refractivity contribution >= 4 is 35.3 Å². The van der Waals surface area contributed by atoms with E-state index in [0.29, 0.717) is 17.4 Å². The third-order valence-electron chi connectivity index (χ3n) is 3.66. The fourth-order valence-electron chi connectivity index (χ4n) is 2.61. The number of halogens is 1. The van der Waals surface area contributed by atoms with Crippen LogP contribution in [0.4, 0.5) is 11.9 Å². The zero-order chi connectivity index (χ0) is 17.3. The maximum Gasteiger partial charge on any atom is 0.250 e. The van der Waals surface area contributed by atoms with Crippen molar-refractivity contribution in [2.45, 2.75) is 32.7 Å². The second-order valence-corrected chi connectivity index (χ2v) is 6.61. The van der Waals surface area contributed by atoms with Crippen molar-refractivity contribution in [1.82, 2.24) is 14.8 Å². The van der Waals surface area contributed by atoms with Gasteiger partial charge in [0.15, 0.2) is 0 Å². The SMILES string of the molecule is CC(C)CC(=O)Nc1nc2n(n1)C(c1ccc(Cl)cc1)CC(=O)N2. The molecule has 2 aromatic rings. The highest BCUT2D eigenvalue weighted by atomic mass is 35.5. The van der Waals surface area contributed by atoms with Crippen LogP contribution in [-0.4, -0.2) is 26.6 Å². The topological polar surface area (TPSA) is 88.9 Å². The fourth-order valence-corrected chi connectivity index (χ4v) is 2.73. The Hall–Kier alpha value is -2.41. The standard InChI is InChI=1S/C16H18ClN5O2/c1-9(2)7-13(23)18-15-20-16-19-14(24)8-12(22(16)21-15)10-3-5-11(17)6-4-10/h3-6,9,12H,7-8H2,1-2H3,(H2,18,19,20,21,23,24). The highest BCUT2D eigenvalue weighted by Gasteiger charge is 2.29. The summed E-state index contributed by atoms with van der Waals surface area (Å²) >= 11 is 5.92. The molecule has 1 aliphatic rings. The Balaban J connectivity index is 1.87. The van der Waals surface area contributed by atoms with Crippen LogP contribution in [0.5, 0.6) is 0 Å². The van der Waals surface area contributed by atoms with Crippen LogP contribution in [0.1, 0.15) is 38.3 Å². The van der Waals surface area contributed by atoms with Gasteiger partial charge in [-0.15, -0.1) is 5.10 Å². The molecule has 1 aromatic heterocycles. The van der Waals surface area contributed by atoms with Gasteiger partial charge in [0.2, 0.25) is 17.8 Å². The Morgan fingerprint density at radius 2 is 2.12 bits per heavy atom. The quantitative estimate of drug-likeness (QED) is 0.890. The number of anilines is 2. The predicted molar refractivity (Wildman–Crippen MR) is 90.9 cm³/mol. The Morgan fingerprint density at radius 1 is 1.42 bits per heavy atom. The van der Waals surface area contributed by atoms with E-state index in [-0.39, 0.29) is 36.1 Å². The summed E-state index contributed by atoms with van der Waals surface area (Å²) in [6.45, 7) is 3.92. The molecule has 0 saturated heterocycles. The Kier molecular flexibility index (Phi) is 4.53. The van der Waals surface area contributed by atoms with Gasteiger partial charge < -0.3 is 0 Å². The molecule has 3 rings (SSSR count). The molecule has 0 bridgehead atoms. The van der Waals surface area contributed by atoms with Gasteiger partial charge in [-0.05, 0) is 23.6 Å². The van der Waals surface area contributed by atoms with Gasteiger partial charge in [-0.3, -0.25) is 20.2 Å². The van der Waals surface area contributed by atoms with E-state index in [0.717, 1.165) is 5.56 Å². The molecular formula is C16H18ClN5O2. The van der Waals surface area contributed by atoms with Crippen LogP contribution in [0, 0.1) is 5.92 Å². The third kappa shape index (κ3) is 3.56. The molecular weight excluding hydrogens is 330 g/mol. The van der Waals surface area contributed by atoms with Crippen molar-refractivity contribution in [1.29, 1.82) is 0 Å². The number of carbonyl (C=O) groups is 2. The molecule has 2 amide bonds. The summed E-state index contributed by atoms with van der Waals surface area (Å²) in [6, 6.07) is 6.97. The zero-order valence-electron chi connectivity index (χ0n) is 13.4. The molecule has 0 aliphatic carbocycles. The summed E-state index contributed by atoms with van der Waals surface area (Å²) in [5.41, 5.74) is 0.903. The first-order chi connectivity index (χ1) is 11.4. The number of rotatable bonds is 4. The lowest BCUT2D eigenvalue weighted by molar-refractivity contribution is -0.118. The summed E-state index contributed by atoms with van der Waals surface area (Å²) in [5.74, 6) is 0.462. The van der Waals surface area contributed by atoms with Crippen molar-refractivity contribution in [2.75, 3.05) is 10.6 Å². The third-order valence-corrected chi connectivity index (χ3v) is 3.91. The lowest BCUT2D eigenvalue weighted by atomic mass is 10.0. The summed E-state index contributed by atoms with van der Waals surface area (Å²) in [4.78, 5) is 28.0. The van der Waals surface area contributed by atoms with Crippen molar-refractivity contribution in [3.05, 3.63) is 34.9 Å². The Bertz CT molecular complexity index is 769. The highest BCUT2D eigenvalue weighted by Crippen LogP contribution is 2.30. The molecule has 0 saturated carbocycles. The van der Waals surface area contributed by atoms with Gasteiger partial charge >= 0.3 is 0 Å². The predicted octanol–water partition coefficient (Wildman–Crippen LogP) is 2.85. The van der Waals surface area contributed by atoms with E-state index in [1.807, 2.05) is 26.0 Å². The summed E-state index contributed by atoms with van der Waals surface area (Å²) in [7, 11) is 0. The normalized spacial score (nSPS) is 16.7. The summed E-state index contributed by atoms with van der Waals surface area (Å²) < 4.78 is 1.62. The number of fused-ring (bicyclic) bond motifs is 1. The molecule has 126 valence electrons. The van der Waals surface area contributed by atoms with E-state index in [4.69, 9.17) is 11.6 Å². The number of nitrogens with zero attached hydrogens (tertiary/aromatic N) is 3. The lowest BCUT2D eigenvalue weighted by Gasteiger charge is -2.23. The monoisotopic (exact) mass is 347 g/mol. The molecule has 2 N–H and O–H groups in total. The van der Waals surface area contributed by atoms with Gasteiger partial charge in [0.1, 0.15) is 0 Å². The zero-order valence-corrected chi connectivity index (χ0v) is 14.2. The van der Waals surface area contributed by atoms with Crippen molar-refractivity contribution in [3.8, 4) is 0 Å². The molecule has 1 atom stereocenters. The largest absolute Gasteiger partial charge is 0.295 e. The minimum atomic E-state index is -0.283. The van der Waals surface area contributed by atoms with Gasteiger partial charge in [-0.2, -0.15) is 4.98 Å². The number of hydrogen-bond donors (Lipinski definition) is 2. The number of nitrogens with one attached hydrogen (secondary N) is 2. The van der Waals surface area contributed by atoms with E-state index >= 15 is 0 Å². The van der Waals surface area contributed by atoms with E-state index in [1.165, 1.54) is 0 Å². The van der Waals surface area contributed by atoms with E-state index in [9.17, 15) is 9.59 Å². The average molecular weight is 348 g/mol. The van der Waals surface area contributed by atoms with E-state index in [2.05, 4.69) is 20.7 Å². The Labute approximate surface area is 144 Å². The fraction of sp³-hybridized carbons (Fsp3) is 0.375. The molecule has 1 aromatic carbocycles. The number of amides is 2. The summed E-state index contributed by atoms with van der Waals surface area (Å²) in [5, 5.41) is 10.3. The first kappa shape index (κ1) is 16.4. The van der Waals surface area contributed by atoms with Crippen LogP contribution in [-0.2, 0) is 9.59 Å². The van der Waals surface area contributed by atoms with Crippen LogP contribution in [0.25, 0.3) is 0 Å². The van der Waals surface area contributed by atoms with E-state index < -0.39 is 0 Å². The molecule has 0 fully saturated rings. The minimum Gasteiger partial charge on any atom is -0.295 e. The number of benzene rings is 1. The van der Waals surface area contributed by atoms with E-state index in [1.54, 1.807) is 16.8 Å². The van der Waals surface area contributed by atoms with Gasteiger partial charge in [0, 0.05) is 11.4 Å². The van der Waals surface area contributed by atoms with Crippen molar-refractivity contribution < 1.29 is 9.59 Å². The van der Waals surface area contributed by atoms with Gasteiger partial charge in [0.25, 0.3) is 5.95 Å². The van der Waals surface area contributed by atoms with Crippen LogP contribution in [0.15, 0.2) is 24.3 Å². The van der Waals surface area contributed by atoms with Gasteiger partial charge in [0.05, 0.1) is 12.5 Å². The second kappa shape index (κ2) is 6.60.